The van der Waals surface area contributed by atoms with Gasteiger partial charge in [-0.2, -0.15) is 0 Å². The number of nitrogens with zero attached hydrogens (tertiary/aromatic N) is 2. The van der Waals surface area contributed by atoms with Gasteiger partial charge >= 0.3 is 0 Å². The molecule has 4 nitrogen and oxygen atoms in total. The van der Waals surface area contributed by atoms with Crippen molar-refractivity contribution < 1.29 is 9.84 Å². The average Bonchev–Trinajstić information content (AvgIpc) is 2.76. The summed E-state index contributed by atoms with van der Waals surface area (Å²) in [6, 6.07) is 0. The van der Waals surface area contributed by atoms with Gasteiger partial charge in [-0.15, -0.1) is 0 Å². The topological polar surface area (TPSA) is 35.9 Å². The maximum atomic E-state index is 9.53. The zero-order valence-corrected chi connectivity index (χ0v) is 10.3. The Morgan fingerprint density at radius 2 is 1.88 bits per heavy atom. The molecule has 1 N–H and O–H groups in total. The van der Waals surface area contributed by atoms with Crippen molar-refractivity contribution in [1.29, 1.82) is 0 Å². The van der Waals surface area contributed by atoms with Crippen LogP contribution in [0.15, 0.2) is 0 Å². The number of rotatable bonds is 4. The van der Waals surface area contributed by atoms with Crippen LogP contribution >= 0.6 is 0 Å². The Bertz CT molecular complexity index is 205. The Balaban J connectivity index is 1.63. The van der Waals surface area contributed by atoms with Gasteiger partial charge in [0.15, 0.2) is 0 Å². The molecule has 0 bridgehead atoms. The number of aliphatic hydroxyl groups excluding tert-OH is 1. The van der Waals surface area contributed by atoms with Crippen LogP contribution in [0.25, 0.3) is 0 Å². The molecule has 0 aromatic carbocycles. The average molecular weight is 228 g/mol. The van der Waals surface area contributed by atoms with Crippen molar-refractivity contribution in [3.63, 3.8) is 0 Å². The lowest BCUT2D eigenvalue weighted by molar-refractivity contribution is 0.0338. The van der Waals surface area contributed by atoms with Gasteiger partial charge in [-0.1, -0.05) is 0 Å². The minimum Gasteiger partial charge on any atom is -0.393 e. The third kappa shape index (κ3) is 3.42. The zero-order chi connectivity index (χ0) is 11.4. The predicted molar refractivity (Wildman–Crippen MR) is 63.5 cm³/mol. The van der Waals surface area contributed by atoms with E-state index in [0.717, 1.165) is 58.9 Å². The van der Waals surface area contributed by atoms with Gasteiger partial charge in [0, 0.05) is 32.7 Å². The summed E-state index contributed by atoms with van der Waals surface area (Å²) < 4.78 is 5.33. The molecule has 2 heterocycles. The summed E-state index contributed by atoms with van der Waals surface area (Å²) in [5.41, 5.74) is 0. The molecule has 0 spiro atoms. The lowest BCUT2D eigenvalue weighted by Gasteiger charge is -2.28. The van der Waals surface area contributed by atoms with Gasteiger partial charge < -0.3 is 14.7 Å². The first-order valence-corrected chi connectivity index (χ1v) is 6.46. The van der Waals surface area contributed by atoms with Crippen LogP contribution in [-0.2, 0) is 4.74 Å². The Morgan fingerprint density at radius 3 is 2.50 bits per heavy atom. The standard InChI is InChI=1S/C12H24N2O2/c1-11(15)12-2-3-14(10-12)5-4-13-6-8-16-9-7-13/h11-12,15H,2-10H2,1H3. The minimum atomic E-state index is -0.145. The molecule has 2 unspecified atom stereocenters. The second kappa shape index (κ2) is 5.96. The molecule has 0 saturated carbocycles. The van der Waals surface area contributed by atoms with E-state index in [0.29, 0.717) is 5.92 Å². The third-order valence-corrected chi connectivity index (χ3v) is 3.83. The van der Waals surface area contributed by atoms with Crippen molar-refractivity contribution >= 4 is 0 Å². The van der Waals surface area contributed by atoms with Crippen molar-refractivity contribution in [2.45, 2.75) is 19.4 Å². The summed E-state index contributed by atoms with van der Waals surface area (Å²) in [5, 5.41) is 9.53. The Labute approximate surface area is 98.2 Å². The lowest BCUT2D eigenvalue weighted by Crippen LogP contribution is -2.41. The summed E-state index contributed by atoms with van der Waals surface area (Å²) in [5.74, 6) is 0.490. The SMILES string of the molecule is CC(O)C1CCN(CCN2CCOCC2)C1. The number of likely N-dealkylation sites (tertiary alicyclic amines) is 1. The van der Waals surface area contributed by atoms with Crippen LogP contribution in [0.4, 0.5) is 0 Å². The van der Waals surface area contributed by atoms with Gasteiger partial charge in [0.2, 0.25) is 0 Å². The van der Waals surface area contributed by atoms with E-state index in [2.05, 4.69) is 9.80 Å². The maximum absolute atomic E-state index is 9.53. The molecule has 0 amide bonds. The molecular weight excluding hydrogens is 204 g/mol. The summed E-state index contributed by atoms with van der Waals surface area (Å²) >= 11 is 0. The molecule has 2 aliphatic rings. The van der Waals surface area contributed by atoms with E-state index in [1.165, 1.54) is 0 Å². The molecule has 0 radical (unpaired) electrons. The molecule has 2 saturated heterocycles. The highest BCUT2D eigenvalue weighted by Gasteiger charge is 2.25. The van der Waals surface area contributed by atoms with Crippen molar-refractivity contribution in [1.82, 2.24) is 9.80 Å². The number of morpholine rings is 1. The number of ether oxygens (including phenoxy) is 1. The highest BCUT2D eigenvalue weighted by molar-refractivity contribution is 4.79. The van der Waals surface area contributed by atoms with E-state index in [4.69, 9.17) is 4.74 Å². The van der Waals surface area contributed by atoms with E-state index in [-0.39, 0.29) is 6.10 Å². The van der Waals surface area contributed by atoms with Gasteiger partial charge in [0.25, 0.3) is 0 Å². The van der Waals surface area contributed by atoms with Crippen molar-refractivity contribution in [3.05, 3.63) is 0 Å². The largest absolute Gasteiger partial charge is 0.393 e. The zero-order valence-electron chi connectivity index (χ0n) is 10.3. The molecule has 94 valence electrons. The third-order valence-electron chi connectivity index (χ3n) is 3.83. The monoisotopic (exact) mass is 228 g/mol. The second-order valence-electron chi connectivity index (χ2n) is 5.04. The van der Waals surface area contributed by atoms with Gasteiger partial charge in [0.1, 0.15) is 0 Å². The smallest absolute Gasteiger partial charge is 0.0594 e. The van der Waals surface area contributed by atoms with E-state index in [9.17, 15) is 5.11 Å². The minimum absolute atomic E-state index is 0.145. The van der Waals surface area contributed by atoms with Gasteiger partial charge in [-0.3, -0.25) is 4.90 Å². The van der Waals surface area contributed by atoms with E-state index >= 15 is 0 Å². The van der Waals surface area contributed by atoms with Crippen LogP contribution in [0.5, 0.6) is 0 Å². The highest BCUT2D eigenvalue weighted by Crippen LogP contribution is 2.19. The molecule has 2 aliphatic heterocycles. The predicted octanol–water partition coefficient (Wildman–Crippen LogP) is 0.0213. The Kier molecular flexibility index (Phi) is 4.58. The number of hydrogen-bond acceptors (Lipinski definition) is 4. The van der Waals surface area contributed by atoms with Crippen LogP contribution in [0, 0.1) is 5.92 Å². The van der Waals surface area contributed by atoms with Crippen LogP contribution < -0.4 is 0 Å². The first-order chi connectivity index (χ1) is 7.75. The van der Waals surface area contributed by atoms with Crippen LogP contribution in [-0.4, -0.2) is 73.5 Å². The van der Waals surface area contributed by atoms with Gasteiger partial charge in [-0.25, -0.2) is 0 Å². The molecular formula is C12H24N2O2. The molecule has 0 aliphatic carbocycles. The van der Waals surface area contributed by atoms with Crippen molar-refractivity contribution in [2.75, 3.05) is 52.5 Å². The summed E-state index contributed by atoms with van der Waals surface area (Å²) in [4.78, 5) is 4.95. The molecule has 0 aromatic rings. The fourth-order valence-electron chi connectivity index (χ4n) is 2.57. The number of aliphatic hydroxyl groups is 1. The van der Waals surface area contributed by atoms with Crippen LogP contribution in [0.3, 0.4) is 0 Å². The molecule has 16 heavy (non-hydrogen) atoms. The van der Waals surface area contributed by atoms with E-state index in [1.54, 1.807) is 0 Å². The van der Waals surface area contributed by atoms with Gasteiger partial charge in [-0.05, 0) is 25.8 Å². The molecule has 2 fully saturated rings. The van der Waals surface area contributed by atoms with E-state index < -0.39 is 0 Å². The van der Waals surface area contributed by atoms with Crippen LogP contribution in [0.1, 0.15) is 13.3 Å². The fraction of sp³-hybridized carbons (Fsp3) is 1.00. The first-order valence-electron chi connectivity index (χ1n) is 6.46. The van der Waals surface area contributed by atoms with Crippen LogP contribution in [0.2, 0.25) is 0 Å². The molecule has 4 heteroatoms. The maximum Gasteiger partial charge on any atom is 0.0594 e. The number of hydrogen-bond donors (Lipinski definition) is 1. The Hall–Kier alpha value is -0.160. The Morgan fingerprint density at radius 1 is 1.19 bits per heavy atom. The summed E-state index contributed by atoms with van der Waals surface area (Å²) in [6.45, 7) is 10.4. The van der Waals surface area contributed by atoms with Crippen molar-refractivity contribution in [3.8, 4) is 0 Å². The molecule has 2 atom stereocenters. The summed E-state index contributed by atoms with van der Waals surface area (Å²) in [6.07, 6.45) is 1.01. The normalized spacial score (nSPS) is 30.8. The lowest BCUT2D eigenvalue weighted by atomic mass is 10.0. The molecule has 2 rings (SSSR count). The molecule has 0 aromatic heterocycles. The first kappa shape index (κ1) is 12.3. The van der Waals surface area contributed by atoms with Gasteiger partial charge in [0.05, 0.1) is 19.3 Å². The highest BCUT2D eigenvalue weighted by atomic mass is 16.5. The quantitative estimate of drug-likeness (QED) is 0.736. The second-order valence-corrected chi connectivity index (χ2v) is 5.04. The summed E-state index contributed by atoms with van der Waals surface area (Å²) in [7, 11) is 0. The fourth-order valence-corrected chi connectivity index (χ4v) is 2.57. The van der Waals surface area contributed by atoms with Crippen molar-refractivity contribution in [2.24, 2.45) is 5.92 Å². The van der Waals surface area contributed by atoms with E-state index in [1.807, 2.05) is 6.92 Å².